The number of alkyl halides is 12. The highest BCUT2D eigenvalue weighted by Crippen LogP contribution is 2.47. The summed E-state index contributed by atoms with van der Waals surface area (Å²) >= 11 is 0. The molecule has 8 N–H and O–H groups in total. The van der Waals surface area contributed by atoms with Gasteiger partial charge >= 0.3 is 24.7 Å². The standard InChI is InChI=1S/C14H10F6N2.C14H12F6N2/c15-13(16,17)11-5-7(21)1-3-9(11)10-4-2-8(22)6-12(10)14(18,19)20;15-13(16,17)10-4-2-1-3-9(10)12(22)6-5-8(21)7-11(12)14(18,19)20/h1-6H,21-22H2;1-7,11H,21-22H2. The minimum absolute atomic E-state index is 0.194. The lowest BCUT2D eigenvalue weighted by Crippen LogP contribution is -2.50. The number of nitrogens with two attached hydrogens (primary N) is 4. The Morgan fingerprint density at radius 1 is 0.568 bits per heavy atom. The third-order valence-corrected chi connectivity index (χ3v) is 6.47. The van der Waals surface area contributed by atoms with Gasteiger partial charge in [-0.3, -0.25) is 0 Å². The summed E-state index contributed by atoms with van der Waals surface area (Å²) in [6.07, 6.45) is -16.8. The molecule has 2 atom stereocenters. The van der Waals surface area contributed by atoms with E-state index >= 15 is 0 Å². The van der Waals surface area contributed by atoms with E-state index in [-0.39, 0.29) is 17.1 Å². The average Bonchev–Trinajstić information content (AvgIpc) is 2.88. The van der Waals surface area contributed by atoms with Crippen LogP contribution in [0.1, 0.15) is 22.3 Å². The van der Waals surface area contributed by atoms with Gasteiger partial charge in [-0.1, -0.05) is 36.4 Å². The molecular weight excluding hydrogens is 620 g/mol. The van der Waals surface area contributed by atoms with Crippen molar-refractivity contribution in [2.45, 2.75) is 30.2 Å². The van der Waals surface area contributed by atoms with Crippen LogP contribution in [0.15, 0.2) is 84.6 Å². The number of halogens is 12. The highest BCUT2D eigenvalue weighted by molar-refractivity contribution is 5.75. The normalized spacial score (nSPS) is 19.2. The Labute approximate surface area is 241 Å². The molecule has 16 heteroatoms. The van der Waals surface area contributed by atoms with Crippen molar-refractivity contribution in [1.82, 2.24) is 0 Å². The monoisotopic (exact) mass is 642 g/mol. The van der Waals surface area contributed by atoms with Gasteiger partial charge in [-0.25, -0.2) is 0 Å². The number of hydrogen-bond acceptors (Lipinski definition) is 4. The van der Waals surface area contributed by atoms with E-state index in [1.807, 2.05) is 0 Å². The Morgan fingerprint density at radius 2 is 1.00 bits per heavy atom. The van der Waals surface area contributed by atoms with Crippen LogP contribution in [0.25, 0.3) is 11.1 Å². The third-order valence-electron chi connectivity index (χ3n) is 6.47. The number of allylic oxidation sites excluding steroid dienone is 1. The van der Waals surface area contributed by atoms with Crippen LogP contribution < -0.4 is 22.9 Å². The molecule has 1 aliphatic carbocycles. The van der Waals surface area contributed by atoms with Crippen molar-refractivity contribution in [2.75, 3.05) is 11.5 Å². The zero-order valence-electron chi connectivity index (χ0n) is 21.9. The Kier molecular flexibility index (Phi) is 9.03. The smallest absolute Gasteiger partial charge is 0.399 e. The second-order valence-corrected chi connectivity index (χ2v) is 9.60. The van der Waals surface area contributed by atoms with E-state index in [4.69, 9.17) is 22.9 Å². The molecule has 2 unspecified atom stereocenters. The van der Waals surface area contributed by atoms with Crippen LogP contribution in [0.2, 0.25) is 0 Å². The molecule has 0 radical (unpaired) electrons. The van der Waals surface area contributed by atoms with Crippen molar-refractivity contribution in [2.24, 2.45) is 17.4 Å². The fourth-order valence-corrected chi connectivity index (χ4v) is 4.52. The molecule has 238 valence electrons. The van der Waals surface area contributed by atoms with Gasteiger partial charge in [-0.05, 0) is 59.2 Å². The maximum atomic E-state index is 13.2. The molecular formula is C28H22F12N4. The van der Waals surface area contributed by atoms with Crippen molar-refractivity contribution in [3.05, 3.63) is 107 Å². The fourth-order valence-electron chi connectivity index (χ4n) is 4.52. The van der Waals surface area contributed by atoms with Gasteiger partial charge < -0.3 is 22.9 Å². The molecule has 0 amide bonds. The summed E-state index contributed by atoms with van der Waals surface area (Å²) in [6, 6.07) is 9.21. The van der Waals surface area contributed by atoms with E-state index in [1.165, 1.54) is 6.07 Å². The molecule has 3 aromatic carbocycles. The Balaban J connectivity index is 0.000000240. The second kappa shape index (κ2) is 11.6. The second-order valence-electron chi connectivity index (χ2n) is 9.60. The first-order chi connectivity index (χ1) is 20.0. The quantitative estimate of drug-likeness (QED) is 0.168. The Hall–Kier alpha value is -4.34. The van der Waals surface area contributed by atoms with Crippen LogP contribution in [-0.4, -0.2) is 6.18 Å². The SMILES string of the molecule is NC1=CC(C(F)(F)F)C(N)(c2ccccc2C(F)(F)F)C=C1.Nc1ccc(-c2ccc(N)cc2C(F)(F)F)c(C(F)(F)F)c1. The van der Waals surface area contributed by atoms with Crippen LogP contribution in [-0.2, 0) is 24.1 Å². The van der Waals surface area contributed by atoms with Gasteiger partial charge in [-0.2, -0.15) is 52.7 Å². The molecule has 4 rings (SSSR count). The van der Waals surface area contributed by atoms with E-state index < -0.39 is 69.5 Å². The van der Waals surface area contributed by atoms with Gasteiger partial charge in [0.2, 0.25) is 0 Å². The van der Waals surface area contributed by atoms with Crippen LogP contribution >= 0.6 is 0 Å². The molecule has 0 aromatic heterocycles. The first-order valence-corrected chi connectivity index (χ1v) is 12.1. The third kappa shape index (κ3) is 7.41. The molecule has 0 saturated carbocycles. The van der Waals surface area contributed by atoms with Crippen molar-refractivity contribution >= 4 is 11.4 Å². The summed E-state index contributed by atoms with van der Waals surface area (Å²) in [4.78, 5) is 0. The number of benzene rings is 3. The number of hydrogen-bond donors (Lipinski definition) is 4. The van der Waals surface area contributed by atoms with Crippen molar-refractivity contribution in [1.29, 1.82) is 0 Å². The molecule has 0 spiro atoms. The Bertz CT molecular complexity index is 1510. The highest BCUT2D eigenvalue weighted by atomic mass is 19.4. The molecule has 4 nitrogen and oxygen atoms in total. The summed E-state index contributed by atoms with van der Waals surface area (Å²) in [5.74, 6) is -2.35. The summed E-state index contributed by atoms with van der Waals surface area (Å²) in [7, 11) is 0. The first-order valence-electron chi connectivity index (χ1n) is 12.1. The van der Waals surface area contributed by atoms with Gasteiger partial charge in [0, 0.05) is 17.1 Å². The number of nitrogen functional groups attached to an aromatic ring is 2. The highest BCUT2D eigenvalue weighted by Gasteiger charge is 2.53. The lowest BCUT2D eigenvalue weighted by Gasteiger charge is -2.38. The zero-order valence-corrected chi connectivity index (χ0v) is 21.9. The van der Waals surface area contributed by atoms with Crippen molar-refractivity contribution in [3.8, 4) is 11.1 Å². The zero-order chi connectivity index (χ0) is 33.5. The Morgan fingerprint density at radius 3 is 1.41 bits per heavy atom. The molecule has 44 heavy (non-hydrogen) atoms. The maximum absolute atomic E-state index is 13.2. The first kappa shape index (κ1) is 34.2. The topological polar surface area (TPSA) is 104 Å². The lowest BCUT2D eigenvalue weighted by atomic mass is 9.73. The largest absolute Gasteiger partial charge is 0.417 e. The maximum Gasteiger partial charge on any atom is 0.417 e. The van der Waals surface area contributed by atoms with Crippen LogP contribution in [0.3, 0.4) is 0 Å². The fraction of sp³-hybridized carbons (Fsp3) is 0.214. The van der Waals surface area contributed by atoms with Gasteiger partial charge in [0.25, 0.3) is 0 Å². The minimum atomic E-state index is -4.84. The lowest BCUT2D eigenvalue weighted by molar-refractivity contribution is -0.176. The number of rotatable bonds is 2. The molecule has 0 saturated heterocycles. The van der Waals surface area contributed by atoms with E-state index in [0.717, 1.165) is 48.6 Å². The van der Waals surface area contributed by atoms with Crippen LogP contribution in [0.5, 0.6) is 0 Å². The van der Waals surface area contributed by atoms with Crippen LogP contribution in [0.4, 0.5) is 64.1 Å². The minimum Gasteiger partial charge on any atom is -0.399 e. The molecule has 1 aliphatic rings. The van der Waals surface area contributed by atoms with Gasteiger partial charge in [0.1, 0.15) is 5.92 Å². The molecule has 0 heterocycles. The van der Waals surface area contributed by atoms with Gasteiger partial charge in [0.05, 0.1) is 22.2 Å². The van der Waals surface area contributed by atoms with Gasteiger partial charge in [0.15, 0.2) is 0 Å². The average molecular weight is 642 g/mol. The van der Waals surface area contributed by atoms with E-state index in [0.29, 0.717) is 24.3 Å². The predicted octanol–water partition coefficient (Wildman–Crippen LogP) is 8.01. The number of anilines is 2. The summed E-state index contributed by atoms with van der Waals surface area (Å²) in [5, 5.41) is 0. The van der Waals surface area contributed by atoms with Crippen molar-refractivity contribution < 1.29 is 52.7 Å². The molecule has 3 aromatic rings. The molecule has 0 fully saturated rings. The van der Waals surface area contributed by atoms with Crippen molar-refractivity contribution in [3.63, 3.8) is 0 Å². The predicted molar refractivity (Wildman–Crippen MR) is 139 cm³/mol. The van der Waals surface area contributed by atoms with E-state index in [9.17, 15) is 52.7 Å². The van der Waals surface area contributed by atoms with Gasteiger partial charge in [-0.15, -0.1) is 0 Å². The summed E-state index contributed by atoms with van der Waals surface area (Å²) in [5.41, 5.74) is 13.2. The summed E-state index contributed by atoms with van der Waals surface area (Å²) < 4.78 is 157. The summed E-state index contributed by atoms with van der Waals surface area (Å²) in [6.45, 7) is 0. The van der Waals surface area contributed by atoms with E-state index in [2.05, 4.69) is 0 Å². The molecule has 0 aliphatic heterocycles. The molecule has 0 bridgehead atoms. The van der Waals surface area contributed by atoms with Crippen LogP contribution in [0, 0.1) is 5.92 Å². The van der Waals surface area contributed by atoms with E-state index in [1.54, 1.807) is 0 Å².